The van der Waals surface area contributed by atoms with Gasteiger partial charge in [-0.2, -0.15) is 0 Å². The van der Waals surface area contributed by atoms with Crippen molar-refractivity contribution < 1.29 is 0 Å². The van der Waals surface area contributed by atoms with Gasteiger partial charge in [0.2, 0.25) is 0 Å². The Hall–Kier alpha value is -1.85. The maximum atomic E-state index is 12.4. The number of aromatic nitrogens is 2. The highest BCUT2D eigenvalue weighted by Gasteiger charge is 2.13. The summed E-state index contributed by atoms with van der Waals surface area (Å²) in [6.07, 6.45) is 0. The lowest BCUT2D eigenvalue weighted by molar-refractivity contribution is 0.678. The lowest BCUT2D eigenvalue weighted by Gasteiger charge is -2.09. The zero-order valence-electron chi connectivity index (χ0n) is 11.6. The summed E-state index contributed by atoms with van der Waals surface area (Å²) in [6, 6.07) is 9.18. The normalized spacial score (nSPS) is 11.2. The van der Waals surface area contributed by atoms with Crippen LogP contribution >= 0.6 is 22.9 Å². The summed E-state index contributed by atoms with van der Waals surface area (Å²) in [5.41, 5.74) is 0.420. The maximum absolute atomic E-state index is 12.4. The predicted octanol–water partition coefficient (Wildman–Crippen LogP) is 2.77. The fraction of sp³-hybridized carbons (Fsp3) is 0.200. The average molecular weight is 321 g/mol. The third-order valence-corrected chi connectivity index (χ3v) is 4.71. The molecule has 108 valence electrons. The number of thiophene rings is 1. The summed E-state index contributed by atoms with van der Waals surface area (Å²) in [5, 5.41) is 1.25. The van der Waals surface area contributed by atoms with Crippen molar-refractivity contribution >= 4 is 33.2 Å². The van der Waals surface area contributed by atoms with Gasteiger partial charge in [-0.05, 0) is 30.7 Å². The molecule has 2 heterocycles. The summed E-state index contributed by atoms with van der Waals surface area (Å²) in [7, 11) is 1.51. The van der Waals surface area contributed by atoms with E-state index >= 15 is 0 Å². The summed E-state index contributed by atoms with van der Waals surface area (Å²) >= 11 is 7.34. The first kappa shape index (κ1) is 14.1. The number of benzene rings is 1. The van der Waals surface area contributed by atoms with Gasteiger partial charge in [0.15, 0.2) is 0 Å². The van der Waals surface area contributed by atoms with Crippen molar-refractivity contribution in [2.45, 2.75) is 13.5 Å². The Morgan fingerprint density at radius 2 is 1.86 bits per heavy atom. The molecule has 1 aromatic carbocycles. The molecule has 6 heteroatoms. The molecule has 21 heavy (non-hydrogen) atoms. The van der Waals surface area contributed by atoms with E-state index in [4.69, 9.17) is 11.6 Å². The quantitative estimate of drug-likeness (QED) is 0.729. The molecular formula is C15H13ClN2O2S. The van der Waals surface area contributed by atoms with Crippen LogP contribution in [0.4, 0.5) is 0 Å². The van der Waals surface area contributed by atoms with Crippen LogP contribution in [0.5, 0.6) is 0 Å². The summed E-state index contributed by atoms with van der Waals surface area (Å²) < 4.78 is 2.79. The molecule has 0 bridgehead atoms. The van der Waals surface area contributed by atoms with Crippen molar-refractivity contribution in [3.05, 3.63) is 66.6 Å². The Kier molecular flexibility index (Phi) is 3.47. The molecule has 4 nitrogen and oxygen atoms in total. The van der Waals surface area contributed by atoms with Gasteiger partial charge in [0, 0.05) is 16.9 Å². The van der Waals surface area contributed by atoms with Crippen LogP contribution < -0.4 is 11.2 Å². The van der Waals surface area contributed by atoms with Crippen molar-refractivity contribution in [1.29, 1.82) is 0 Å². The lowest BCUT2D eigenvalue weighted by atomic mass is 10.2. The van der Waals surface area contributed by atoms with Crippen LogP contribution in [0.2, 0.25) is 5.02 Å². The van der Waals surface area contributed by atoms with Gasteiger partial charge in [0.25, 0.3) is 5.56 Å². The van der Waals surface area contributed by atoms with Gasteiger partial charge in [-0.15, -0.1) is 11.3 Å². The van der Waals surface area contributed by atoms with Crippen LogP contribution in [-0.4, -0.2) is 9.13 Å². The third kappa shape index (κ3) is 2.43. The first-order valence-electron chi connectivity index (χ1n) is 6.42. The van der Waals surface area contributed by atoms with Gasteiger partial charge in [0.05, 0.1) is 11.9 Å². The monoisotopic (exact) mass is 320 g/mol. The molecule has 0 aliphatic heterocycles. The first-order valence-corrected chi connectivity index (χ1v) is 7.61. The van der Waals surface area contributed by atoms with E-state index in [9.17, 15) is 9.59 Å². The van der Waals surface area contributed by atoms with Gasteiger partial charge in [-0.3, -0.25) is 13.9 Å². The first-order chi connectivity index (χ1) is 9.97. The van der Waals surface area contributed by atoms with Gasteiger partial charge in [0.1, 0.15) is 4.83 Å². The minimum atomic E-state index is -0.302. The largest absolute Gasteiger partial charge is 0.332 e. The minimum Gasteiger partial charge on any atom is -0.280 e. The van der Waals surface area contributed by atoms with E-state index in [0.717, 1.165) is 19.8 Å². The van der Waals surface area contributed by atoms with Crippen molar-refractivity contribution in [1.82, 2.24) is 9.13 Å². The number of aryl methyl sites for hydroxylation is 1. The molecule has 2 aromatic heterocycles. The van der Waals surface area contributed by atoms with E-state index in [2.05, 4.69) is 0 Å². The third-order valence-electron chi connectivity index (χ3n) is 3.39. The lowest BCUT2D eigenvalue weighted by Crippen LogP contribution is -2.37. The predicted molar refractivity (Wildman–Crippen MR) is 86.6 cm³/mol. The minimum absolute atomic E-state index is 0.244. The zero-order chi connectivity index (χ0) is 15.1. The second-order valence-corrected chi connectivity index (χ2v) is 6.61. The molecule has 0 aliphatic carbocycles. The van der Waals surface area contributed by atoms with Gasteiger partial charge in [-0.25, -0.2) is 4.79 Å². The molecule has 0 amide bonds. The summed E-state index contributed by atoms with van der Waals surface area (Å²) in [6.45, 7) is 2.35. The van der Waals surface area contributed by atoms with Crippen molar-refractivity contribution in [3.8, 4) is 0 Å². The number of nitrogens with zero attached hydrogens (tertiary/aromatic N) is 2. The molecule has 0 aliphatic rings. The second kappa shape index (κ2) is 5.16. The van der Waals surface area contributed by atoms with Crippen LogP contribution in [0, 0.1) is 6.92 Å². The fourth-order valence-corrected chi connectivity index (χ4v) is 3.42. The molecule has 0 saturated heterocycles. The van der Waals surface area contributed by atoms with E-state index in [1.165, 1.54) is 18.4 Å². The molecule has 0 unspecified atom stereocenters. The molecule has 3 rings (SSSR count). The highest BCUT2D eigenvalue weighted by molar-refractivity contribution is 7.18. The van der Waals surface area contributed by atoms with E-state index in [1.54, 1.807) is 16.7 Å². The fourth-order valence-electron chi connectivity index (χ4n) is 2.30. The number of fused-ring (bicyclic) bond motifs is 1. The van der Waals surface area contributed by atoms with Crippen LogP contribution in [0.3, 0.4) is 0 Å². The van der Waals surface area contributed by atoms with E-state index in [1.807, 2.05) is 25.1 Å². The number of rotatable bonds is 2. The Morgan fingerprint density at radius 1 is 1.19 bits per heavy atom. The highest BCUT2D eigenvalue weighted by Crippen LogP contribution is 2.22. The Morgan fingerprint density at radius 3 is 2.52 bits per heavy atom. The van der Waals surface area contributed by atoms with Gasteiger partial charge < -0.3 is 0 Å². The van der Waals surface area contributed by atoms with E-state index in [-0.39, 0.29) is 11.2 Å². The molecule has 3 aromatic rings. The maximum Gasteiger partial charge on any atom is 0.332 e. The molecule has 0 fully saturated rings. The van der Waals surface area contributed by atoms with Crippen molar-refractivity contribution in [3.63, 3.8) is 0 Å². The van der Waals surface area contributed by atoms with Gasteiger partial charge >= 0.3 is 5.69 Å². The molecule has 0 N–H and O–H groups in total. The SMILES string of the molecule is Cc1cc2c(=O)n(C)c(=O)n(Cc3ccc(Cl)cc3)c2s1. The van der Waals surface area contributed by atoms with E-state index < -0.39 is 0 Å². The molecule has 0 radical (unpaired) electrons. The number of halogens is 1. The molecular weight excluding hydrogens is 308 g/mol. The smallest absolute Gasteiger partial charge is 0.280 e. The summed E-state index contributed by atoms with van der Waals surface area (Å²) in [4.78, 5) is 26.3. The summed E-state index contributed by atoms with van der Waals surface area (Å²) in [5.74, 6) is 0. The number of hydrogen-bond donors (Lipinski definition) is 0. The zero-order valence-corrected chi connectivity index (χ0v) is 13.2. The standard InChI is InChI=1S/C15H13ClN2O2S/c1-9-7-12-13(19)17(2)15(20)18(14(12)21-9)8-10-3-5-11(16)6-4-10/h3-7H,8H2,1-2H3. The topological polar surface area (TPSA) is 44.0 Å². The number of hydrogen-bond acceptors (Lipinski definition) is 3. The average Bonchev–Trinajstić information content (AvgIpc) is 2.85. The van der Waals surface area contributed by atoms with Crippen molar-refractivity contribution in [2.24, 2.45) is 7.05 Å². The van der Waals surface area contributed by atoms with Crippen LogP contribution in [0.1, 0.15) is 10.4 Å². The Bertz CT molecular complexity index is 935. The second-order valence-electron chi connectivity index (χ2n) is 4.94. The molecule has 0 atom stereocenters. The Labute approximate surface area is 129 Å². The van der Waals surface area contributed by atoms with Crippen LogP contribution in [-0.2, 0) is 13.6 Å². The molecule has 0 saturated carbocycles. The van der Waals surface area contributed by atoms with E-state index in [0.29, 0.717) is 17.0 Å². The van der Waals surface area contributed by atoms with Gasteiger partial charge in [-0.1, -0.05) is 23.7 Å². The van der Waals surface area contributed by atoms with Crippen LogP contribution in [0.15, 0.2) is 39.9 Å². The van der Waals surface area contributed by atoms with Crippen molar-refractivity contribution in [2.75, 3.05) is 0 Å². The highest BCUT2D eigenvalue weighted by atomic mass is 35.5. The Balaban J connectivity index is 2.24. The van der Waals surface area contributed by atoms with Crippen LogP contribution in [0.25, 0.3) is 10.2 Å². The molecule has 0 spiro atoms.